The van der Waals surface area contributed by atoms with Gasteiger partial charge in [0, 0.05) is 11.1 Å². The van der Waals surface area contributed by atoms with Crippen molar-refractivity contribution in [1.29, 1.82) is 0 Å². The van der Waals surface area contributed by atoms with E-state index in [1.165, 1.54) is 0 Å². The van der Waals surface area contributed by atoms with Crippen LogP contribution in [-0.4, -0.2) is 52.9 Å². The Morgan fingerprint density at radius 3 is 2.18 bits per heavy atom. The number of halogens is 3. The highest BCUT2D eigenvalue weighted by Gasteiger charge is 2.52. The van der Waals surface area contributed by atoms with Gasteiger partial charge in [0.2, 0.25) is 0 Å². The van der Waals surface area contributed by atoms with Crippen molar-refractivity contribution in [3.05, 3.63) is 68.7 Å². The highest BCUT2D eigenvalue weighted by molar-refractivity contribution is 7.92. The number of morpholine rings is 1. The Bertz CT molecular complexity index is 1320. The number of hydrogen-bond acceptors (Lipinski definition) is 5. The van der Waals surface area contributed by atoms with E-state index in [2.05, 4.69) is 0 Å². The van der Waals surface area contributed by atoms with Crippen LogP contribution in [0.3, 0.4) is 0 Å². The van der Waals surface area contributed by atoms with Crippen molar-refractivity contribution in [3.63, 3.8) is 0 Å². The summed E-state index contributed by atoms with van der Waals surface area (Å²) >= 11 is 18.7. The summed E-state index contributed by atoms with van der Waals surface area (Å²) in [6.45, 7) is 4.90. The van der Waals surface area contributed by atoms with Crippen molar-refractivity contribution < 1.29 is 27.9 Å². The second-order valence-electron chi connectivity index (χ2n) is 10.9. The molecule has 0 aromatic heterocycles. The van der Waals surface area contributed by atoms with Crippen LogP contribution in [0.5, 0.6) is 0 Å². The van der Waals surface area contributed by atoms with E-state index in [1.54, 1.807) is 68.1 Å². The summed E-state index contributed by atoms with van der Waals surface area (Å²) < 4.78 is 32.0. The lowest BCUT2D eigenvalue weighted by Gasteiger charge is -2.48. The first kappa shape index (κ1) is 29.2. The van der Waals surface area contributed by atoms with Crippen molar-refractivity contribution >= 4 is 56.5 Å². The molecule has 1 saturated carbocycles. The van der Waals surface area contributed by atoms with Crippen LogP contribution in [0, 0.1) is 5.92 Å². The van der Waals surface area contributed by atoms with Crippen molar-refractivity contribution in [2.24, 2.45) is 5.92 Å². The Labute approximate surface area is 237 Å². The van der Waals surface area contributed by atoms with E-state index >= 15 is 0 Å². The molecule has 4 rings (SSSR count). The van der Waals surface area contributed by atoms with Gasteiger partial charge in [0.15, 0.2) is 9.84 Å². The van der Waals surface area contributed by atoms with Gasteiger partial charge in [0.25, 0.3) is 5.91 Å². The fourth-order valence-electron chi connectivity index (χ4n) is 4.77. The number of rotatable bonds is 8. The molecule has 38 heavy (non-hydrogen) atoms. The first-order chi connectivity index (χ1) is 17.7. The van der Waals surface area contributed by atoms with E-state index in [9.17, 15) is 23.1 Å². The molecule has 206 valence electrons. The second-order valence-corrected chi connectivity index (χ2v) is 14.9. The number of benzene rings is 2. The first-order valence-corrected chi connectivity index (χ1v) is 15.1. The van der Waals surface area contributed by atoms with Gasteiger partial charge in [-0.15, -0.1) is 0 Å². The predicted molar refractivity (Wildman–Crippen MR) is 147 cm³/mol. The second kappa shape index (κ2) is 11.0. The van der Waals surface area contributed by atoms with Crippen LogP contribution in [0.2, 0.25) is 15.1 Å². The van der Waals surface area contributed by atoms with Gasteiger partial charge in [0.1, 0.15) is 12.2 Å². The molecule has 1 saturated heterocycles. The molecule has 1 amide bonds. The number of aliphatic carboxylic acids is 1. The summed E-state index contributed by atoms with van der Waals surface area (Å²) in [5, 5.41) is 10.7. The lowest BCUT2D eigenvalue weighted by molar-refractivity contribution is -0.183. The van der Waals surface area contributed by atoms with Gasteiger partial charge in [-0.1, -0.05) is 53.0 Å². The van der Waals surface area contributed by atoms with E-state index in [-0.39, 0.29) is 16.7 Å². The third-order valence-electron chi connectivity index (χ3n) is 7.12. The molecule has 2 fully saturated rings. The molecule has 0 spiro atoms. The number of carbonyl (C=O) groups is 2. The standard InChI is InChI=1S/C27H30Cl3NO6S/c1-27(2,3)38(35,36)14-21(15-4-5-15)31-24(16-6-9-18(28)10-7-16)25(17-8-11-19(29)20(30)12-17)37-22(26(31)34)13-23(32)33/h6-12,15,21-22,24-25H,4-5,13-14H2,1-3H3,(H,32,33)/t21-,22+,24-,25-/m1/s1. The highest BCUT2D eigenvalue weighted by Crippen LogP contribution is 2.48. The van der Waals surface area contributed by atoms with Crippen LogP contribution in [0.1, 0.15) is 63.3 Å². The van der Waals surface area contributed by atoms with E-state index in [0.29, 0.717) is 21.2 Å². The molecule has 0 radical (unpaired) electrons. The van der Waals surface area contributed by atoms with Gasteiger partial charge >= 0.3 is 5.97 Å². The van der Waals surface area contributed by atoms with E-state index < -0.39 is 57.2 Å². The number of hydrogen-bond donors (Lipinski definition) is 1. The molecule has 0 unspecified atom stereocenters. The summed E-state index contributed by atoms with van der Waals surface area (Å²) in [7, 11) is -3.63. The minimum atomic E-state index is -3.63. The Morgan fingerprint density at radius 2 is 1.66 bits per heavy atom. The molecule has 1 N–H and O–H groups in total. The van der Waals surface area contributed by atoms with E-state index in [4.69, 9.17) is 39.5 Å². The largest absolute Gasteiger partial charge is 0.481 e. The number of sulfone groups is 1. The maximum Gasteiger partial charge on any atom is 0.306 e. The third-order valence-corrected chi connectivity index (χ3v) is 10.8. The summed E-state index contributed by atoms with van der Waals surface area (Å²) in [5.74, 6) is -2.04. The molecule has 2 aliphatic rings. The van der Waals surface area contributed by atoms with E-state index in [1.807, 2.05) is 0 Å². The lowest BCUT2D eigenvalue weighted by atomic mass is 9.89. The monoisotopic (exact) mass is 601 g/mol. The van der Waals surface area contributed by atoms with Crippen LogP contribution in [-0.2, 0) is 24.2 Å². The molecule has 2 aromatic rings. The molecule has 1 heterocycles. The number of carboxylic acids is 1. The number of nitrogens with zero attached hydrogens (tertiary/aromatic N) is 1. The average Bonchev–Trinajstić information content (AvgIpc) is 3.66. The summed E-state index contributed by atoms with van der Waals surface area (Å²) in [4.78, 5) is 27.3. The first-order valence-electron chi connectivity index (χ1n) is 12.3. The Kier molecular flexibility index (Phi) is 8.41. The van der Waals surface area contributed by atoms with Gasteiger partial charge in [-0.25, -0.2) is 8.42 Å². The minimum absolute atomic E-state index is 0.0380. The number of carboxylic acid groups (broad SMARTS) is 1. The Hall–Kier alpha value is -1.84. The fourth-order valence-corrected chi connectivity index (χ4v) is 6.58. The molecular weight excluding hydrogens is 573 g/mol. The number of ether oxygens (including phenoxy) is 1. The predicted octanol–water partition coefficient (Wildman–Crippen LogP) is 6.12. The Balaban J connectivity index is 1.90. The van der Waals surface area contributed by atoms with Gasteiger partial charge in [-0.3, -0.25) is 9.59 Å². The number of carbonyl (C=O) groups excluding carboxylic acids is 1. The summed E-state index contributed by atoms with van der Waals surface area (Å²) in [6.07, 6.45) is -1.18. The average molecular weight is 603 g/mol. The van der Waals surface area contributed by atoms with Crippen molar-refractivity contribution in [2.45, 2.75) is 69.1 Å². The van der Waals surface area contributed by atoms with Gasteiger partial charge in [-0.05, 0) is 74.9 Å². The zero-order valence-electron chi connectivity index (χ0n) is 21.2. The minimum Gasteiger partial charge on any atom is -0.481 e. The maximum atomic E-state index is 14.0. The van der Waals surface area contributed by atoms with Crippen LogP contribution in [0.25, 0.3) is 0 Å². The van der Waals surface area contributed by atoms with Gasteiger partial charge < -0.3 is 14.7 Å². The zero-order chi connectivity index (χ0) is 28.0. The van der Waals surface area contributed by atoms with E-state index in [0.717, 1.165) is 12.8 Å². The molecule has 4 atom stereocenters. The maximum absolute atomic E-state index is 14.0. The molecule has 11 heteroatoms. The quantitative estimate of drug-likeness (QED) is 0.391. The normalized spacial score (nSPS) is 23.4. The molecule has 1 aliphatic carbocycles. The van der Waals surface area contributed by atoms with Crippen molar-refractivity contribution in [2.75, 3.05) is 5.75 Å². The molecule has 7 nitrogen and oxygen atoms in total. The zero-order valence-corrected chi connectivity index (χ0v) is 24.3. The smallest absolute Gasteiger partial charge is 0.306 e. The highest BCUT2D eigenvalue weighted by atomic mass is 35.5. The number of amides is 1. The SMILES string of the molecule is CC(C)(C)S(=O)(=O)C[C@H](C1CC1)N1C(=O)[C@H](CC(=O)O)O[C@H](c2ccc(Cl)c(Cl)c2)[C@H]1c1ccc(Cl)cc1. The lowest BCUT2D eigenvalue weighted by Crippen LogP contribution is -2.58. The fraction of sp³-hybridized carbons (Fsp3) is 0.481. The van der Waals surface area contributed by atoms with Gasteiger partial charge in [0.05, 0.1) is 33.0 Å². The third kappa shape index (κ3) is 6.15. The van der Waals surface area contributed by atoms with Crippen LogP contribution >= 0.6 is 34.8 Å². The Morgan fingerprint density at radius 1 is 1.05 bits per heavy atom. The molecule has 0 bridgehead atoms. The molecule has 2 aromatic carbocycles. The molecular formula is C27H30Cl3NO6S. The summed E-state index contributed by atoms with van der Waals surface area (Å²) in [5.41, 5.74) is 1.26. The van der Waals surface area contributed by atoms with Gasteiger partial charge in [-0.2, -0.15) is 0 Å². The van der Waals surface area contributed by atoms with Crippen molar-refractivity contribution in [3.8, 4) is 0 Å². The summed E-state index contributed by atoms with van der Waals surface area (Å²) in [6, 6.07) is 10.4. The topological polar surface area (TPSA) is 101 Å². The van der Waals surface area contributed by atoms with Crippen LogP contribution < -0.4 is 0 Å². The molecule has 1 aliphatic heterocycles. The van der Waals surface area contributed by atoms with Crippen molar-refractivity contribution in [1.82, 2.24) is 4.90 Å². The van der Waals surface area contributed by atoms with Crippen LogP contribution in [0.4, 0.5) is 0 Å². The van der Waals surface area contributed by atoms with Crippen LogP contribution in [0.15, 0.2) is 42.5 Å².